The summed E-state index contributed by atoms with van der Waals surface area (Å²) in [6.07, 6.45) is 0. The molecular weight excluding hydrogens is 362 g/mol. The molecule has 0 aliphatic carbocycles. The van der Waals surface area contributed by atoms with Gasteiger partial charge in [-0.2, -0.15) is 0 Å². The number of hydrogen-bond donors (Lipinski definition) is 2. The fourth-order valence-electron chi connectivity index (χ4n) is 1.63. The van der Waals surface area contributed by atoms with Gasteiger partial charge in [0, 0.05) is 17.1 Å². The maximum absolute atomic E-state index is 12.4. The standard InChI is InChI=1S/C12H14BrN3O2S2/c1-8-4-3-5-11(15-8)16-20(17,18)10-6-9(7-14-2)19-12(10)13/h3-6,14H,7H2,1-2H3,(H,15,16). The normalized spacial score (nSPS) is 11.6. The molecule has 0 aromatic carbocycles. The number of halogens is 1. The lowest BCUT2D eigenvalue weighted by Gasteiger charge is -2.06. The minimum atomic E-state index is -3.63. The Hall–Kier alpha value is -0.960. The summed E-state index contributed by atoms with van der Waals surface area (Å²) < 4.78 is 27.8. The van der Waals surface area contributed by atoms with Gasteiger partial charge in [0.1, 0.15) is 10.7 Å². The number of aromatic nitrogens is 1. The second kappa shape index (κ2) is 6.21. The minimum absolute atomic E-state index is 0.232. The zero-order valence-corrected chi connectivity index (χ0v) is 14.2. The molecule has 2 heterocycles. The van der Waals surface area contributed by atoms with Gasteiger partial charge < -0.3 is 5.32 Å². The van der Waals surface area contributed by atoms with Crippen LogP contribution in [0.15, 0.2) is 32.9 Å². The highest BCUT2D eigenvalue weighted by Gasteiger charge is 2.21. The molecule has 0 radical (unpaired) electrons. The zero-order chi connectivity index (χ0) is 14.8. The summed E-state index contributed by atoms with van der Waals surface area (Å²) in [7, 11) is -1.82. The third kappa shape index (κ3) is 3.57. The van der Waals surface area contributed by atoms with Crippen LogP contribution in [0, 0.1) is 6.92 Å². The van der Waals surface area contributed by atoms with E-state index in [4.69, 9.17) is 0 Å². The Balaban J connectivity index is 2.30. The topological polar surface area (TPSA) is 71.1 Å². The first-order chi connectivity index (χ1) is 9.42. The van der Waals surface area contributed by atoms with Crippen LogP contribution in [0.5, 0.6) is 0 Å². The fraction of sp³-hybridized carbons (Fsp3) is 0.250. The third-order valence-electron chi connectivity index (χ3n) is 2.47. The summed E-state index contributed by atoms with van der Waals surface area (Å²) in [6, 6.07) is 6.85. The molecule has 0 bridgehead atoms. The van der Waals surface area contributed by atoms with Crippen LogP contribution in [-0.4, -0.2) is 20.4 Å². The SMILES string of the molecule is CNCc1cc(S(=O)(=O)Nc2cccc(C)n2)c(Br)s1. The number of hydrogen-bond acceptors (Lipinski definition) is 5. The zero-order valence-electron chi connectivity index (χ0n) is 11.0. The van der Waals surface area contributed by atoms with Gasteiger partial charge in [-0.05, 0) is 48.1 Å². The van der Waals surface area contributed by atoms with Gasteiger partial charge in [-0.1, -0.05) is 6.07 Å². The Morgan fingerprint density at radius 2 is 2.15 bits per heavy atom. The lowest BCUT2D eigenvalue weighted by atomic mass is 10.4. The van der Waals surface area contributed by atoms with Crippen LogP contribution in [0.2, 0.25) is 0 Å². The molecule has 0 amide bonds. The van der Waals surface area contributed by atoms with Crippen molar-refractivity contribution in [1.82, 2.24) is 10.3 Å². The molecule has 0 saturated carbocycles. The average molecular weight is 376 g/mol. The number of thiophene rings is 1. The fourth-order valence-corrected chi connectivity index (χ4v) is 5.33. The van der Waals surface area contributed by atoms with Gasteiger partial charge in [-0.3, -0.25) is 4.72 Å². The lowest BCUT2D eigenvalue weighted by Crippen LogP contribution is -2.14. The van der Waals surface area contributed by atoms with E-state index in [9.17, 15) is 8.42 Å². The number of nitrogens with zero attached hydrogens (tertiary/aromatic N) is 1. The number of rotatable bonds is 5. The smallest absolute Gasteiger partial charge is 0.265 e. The van der Waals surface area contributed by atoms with Crippen LogP contribution < -0.4 is 10.0 Å². The van der Waals surface area contributed by atoms with Crippen LogP contribution >= 0.6 is 27.3 Å². The molecule has 0 unspecified atom stereocenters. The van der Waals surface area contributed by atoms with E-state index < -0.39 is 10.0 Å². The first-order valence-corrected chi connectivity index (χ1v) is 8.91. The summed E-state index contributed by atoms with van der Waals surface area (Å²) >= 11 is 4.70. The summed E-state index contributed by atoms with van der Waals surface area (Å²) in [6.45, 7) is 2.44. The Morgan fingerprint density at radius 1 is 1.40 bits per heavy atom. The van der Waals surface area contributed by atoms with Crippen molar-refractivity contribution >= 4 is 43.1 Å². The van der Waals surface area contributed by atoms with E-state index in [-0.39, 0.29) is 4.90 Å². The van der Waals surface area contributed by atoms with Crippen molar-refractivity contribution in [2.24, 2.45) is 0 Å². The Kier molecular flexibility index (Phi) is 4.79. The van der Waals surface area contributed by atoms with Crippen molar-refractivity contribution < 1.29 is 8.42 Å². The van der Waals surface area contributed by atoms with E-state index >= 15 is 0 Å². The van der Waals surface area contributed by atoms with Gasteiger partial charge >= 0.3 is 0 Å². The van der Waals surface area contributed by atoms with Gasteiger partial charge in [-0.15, -0.1) is 11.3 Å². The maximum Gasteiger partial charge on any atom is 0.265 e. The van der Waals surface area contributed by atoms with Crippen molar-refractivity contribution in [3.8, 4) is 0 Å². The quantitative estimate of drug-likeness (QED) is 0.842. The van der Waals surface area contributed by atoms with E-state index in [1.165, 1.54) is 11.3 Å². The number of nitrogens with one attached hydrogen (secondary N) is 2. The molecule has 108 valence electrons. The van der Waals surface area contributed by atoms with Crippen LogP contribution in [0.25, 0.3) is 0 Å². The molecule has 0 spiro atoms. The van der Waals surface area contributed by atoms with Crippen molar-refractivity contribution in [3.05, 3.63) is 38.6 Å². The van der Waals surface area contributed by atoms with E-state index in [0.717, 1.165) is 10.6 Å². The van der Waals surface area contributed by atoms with Gasteiger partial charge in [0.25, 0.3) is 10.0 Å². The average Bonchev–Trinajstić information content (AvgIpc) is 2.71. The van der Waals surface area contributed by atoms with E-state index in [1.54, 1.807) is 18.2 Å². The summed E-state index contributed by atoms with van der Waals surface area (Å²) in [5, 5.41) is 3.00. The van der Waals surface area contributed by atoms with Crippen molar-refractivity contribution in [2.45, 2.75) is 18.4 Å². The van der Waals surface area contributed by atoms with Crippen LogP contribution in [0.3, 0.4) is 0 Å². The van der Waals surface area contributed by atoms with Gasteiger partial charge in [0.05, 0.1) is 3.79 Å². The molecule has 2 aromatic heterocycles. The van der Waals surface area contributed by atoms with Gasteiger partial charge in [-0.25, -0.2) is 13.4 Å². The Morgan fingerprint density at radius 3 is 2.80 bits per heavy atom. The molecule has 2 aromatic rings. The first-order valence-electron chi connectivity index (χ1n) is 5.81. The molecular formula is C12H14BrN3O2S2. The lowest BCUT2D eigenvalue weighted by molar-refractivity contribution is 0.601. The minimum Gasteiger partial charge on any atom is -0.315 e. The monoisotopic (exact) mass is 375 g/mol. The molecule has 20 heavy (non-hydrogen) atoms. The van der Waals surface area contributed by atoms with Crippen molar-refractivity contribution in [3.63, 3.8) is 0 Å². The summed E-state index contributed by atoms with van der Waals surface area (Å²) in [4.78, 5) is 5.32. The predicted octanol–water partition coefficient (Wildman–Crippen LogP) is 2.73. The van der Waals surface area contributed by atoms with Gasteiger partial charge in [0.15, 0.2) is 0 Å². The number of anilines is 1. The highest BCUT2D eigenvalue weighted by molar-refractivity contribution is 9.11. The predicted molar refractivity (Wildman–Crippen MR) is 84.6 cm³/mol. The Labute approximate surface area is 130 Å². The molecule has 0 saturated heterocycles. The highest BCUT2D eigenvalue weighted by atomic mass is 79.9. The molecule has 0 atom stereocenters. The molecule has 2 N–H and O–H groups in total. The Bertz CT molecular complexity index is 713. The van der Waals surface area contributed by atoms with Crippen molar-refractivity contribution in [1.29, 1.82) is 0 Å². The maximum atomic E-state index is 12.4. The number of sulfonamides is 1. The second-order valence-electron chi connectivity index (χ2n) is 4.15. The van der Waals surface area contributed by atoms with E-state index in [1.807, 2.05) is 20.0 Å². The first kappa shape index (κ1) is 15.4. The molecule has 0 aliphatic heterocycles. The molecule has 0 aliphatic rings. The van der Waals surface area contributed by atoms with Crippen LogP contribution in [0.1, 0.15) is 10.6 Å². The summed E-state index contributed by atoms with van der Waals surface area (Å²) in [5.74, 6) is 0.318. The molecule has 8 heteroatoms. The van der Waals surface area contributed by atoms with Crippen LogP contribution in [0.4, 0.5) is 5.82 Å². The van der Waals surface area contributed by atoms with E-state index in [2.05, 4.69) is 31.0 Å². The molecule has 5 nitrogen and oxygen atoms in total. The number of pyridine rings is 1. The summed E-state index contributed by atoms with van der Waals surface area (Å²) in [5.41, 5.74) is 0.755. The van der Waals surface area contributed by atoms with Crippen LogP contribution in [-0.2, 0) is 16.6 Å². The van der Waals surface area contributed by atoms with Crippen molar-refractivity contribution in [2.75, 3.05) is 11.8 Å². The van der Waals surface area contributed by atoms with Gasteiger partial charge in [0.2, 0.25) is 0 Å². The molecule has 2 rings (SSSR count). The van der Waals surface area contributed by atoms with E-state index in [0.29, 0.717) is 16.1 Å². The molecule has 0 fully saturated rings. The number of aryl methyl sites for hydroxylation is 1. The second-order valence-corrected chi connectivity index (χ2v) is 8.26. The largest absolute Gasteiger partial charge is 0.315 e. The highest BCUT2D eigenvalue weighted by Crippen LogP contribution is 2.32. The third-order valence-corrected chi connectivity index (χ3v) is 6.08.